The van der Waals surface area contributed by atoms with E-state index in [1.807, 2.05) is 0 Å². The van der Waals surface area contributed by atoms with E-state index in [0.717, 1.165) is 28.8 Å². The smallest absolute Gasteiger partial charge is 0.186 e. The number of rotatable bonds is 8. The number of aliphatic hydroxyl groups is 1. The van der Waals surface area contributed by atoms with E-state index in [-0.39, 0.29) is 12.0 Å². The molecule has 0 aliphatic carbocycles. The Kier molecular flexibility index (Phi) is 6.88. The van der Waals surface area contributed by atoms with Crippen LogP contribution in [0.4, 0.5) is 5.13 Å². The molecule has 0 aliphatic rings. The first-order valence-corrected chi connectivity index (χ1v) is 7.59. The molecule has 5 nitrogen and oxygen atoms in total. The lowest BCUT2D eigenvalue weighted by molar-refractivity contribution is 0.190. The van der Waals surface area contributed by atoms with E-state index < -0.39 is 0 Å². The molecule has 1 heterocycles. The number of thiazole rings is 1. The zero-order valence-electron chi connectivity index (χ0n) is 13.1. The van der Waals surface area contributed by atoms with Crippen molar-refractivity contribution < 1.29 is 14.6 Å². The summed E-state index contributed by atoms with van der Waals surface area (Å²) in [5.41, 5.74) is 0.904. The average Bonchev–Trinajstić information content (AvgIpc) is 2.83. The molecule has 0 atom stereocenters. The largest absolute Gasteiger partial charge is 0.391 e. The summed E-state index contributed by atoms with van der Waals surface area (Å²) in [6, 6.07) is 0. The first kappa shape index (κ1) is 17.4. The summed E-state index contributed by atoms with van der Waals surface area (Å²) in [6.45, 7) is 9.18. The summed E-state index contributed by atoms with van der Waals surface area (Å²) < 4.78 is 10.3. The normalized spacial score (nSPS) is 11.9. The van der Waals surface area contributed by atoms with E-state index in [9.17, 15) is 5.11 Å². The van der Waals surface area contributed by atoms with Crippen LogP contribution in [0.2, 0.25) is 0 Å². The maximum Gasteiger partial charge on any atom is 0.186 e. The highest BCUT2D eigenvalue weighted by Crippen LogP contribution is 2.33. The molecule has 0 amide bonds. The molecule has 0 saturated heterocycles. The van der Waals surface area contributed by atoms with Crippen molar-refractivity contribution in [3.63, 3.8) is 0 Å². The quantitative estimate of drug-likeness (QED) is 0.796. The number of hydrogen-bond donors (Lipinski definition) is 1. The average molecular weight is 302 g/mol. The SMILES string of the molecule is COCCN(CCOC)c1nc(C(C)(C)C)c(CO)s1. The molecule has 0 spiro atoms. The minimum absolute atomic E-state index is 0.0344. The molecule has 0 bridgehead atoms. The van der Waals surface area contributed by atoms with Crippen molar-refractivity contribution in [2.75, 3.05) is 45.4 Å². The number of nitrogens with zero attached hydrogens (tertiary/aromatic N) is 2. The maximum atomic E-state index is 9.53. The lowest BCUT2D eigenvalue weighted by Gasteiger charge is -2.21. The topological polar surface area (TPSA) is 54.8 Å². The number of anilines is 1. The van der Waals surface area contributed by atoms with Crippen LogP contribution in [0.25, 0.3) is 0 Å². The first-order chi connectivity index (χ1) is 9.43. The molecular formula is C14H26N2O3S. The predicted molar refractivity (Wildman–Crippen MR) is 82.7 cm³/mol. The molecule has 0 aromatic carbocycles. The van der Waals surface area contributed by atoms with Gasteiger partial charge in [0.15, 0.2) is 5.13 Å². The highest BCUT2D eigenvalue weighted by molar-refractivity contribution is 7.15. The molecule has 6 heteroatoms. The summed E-state index contributed by atoms with van der Waals surface area (Å²) in [6.07, 6.45) is 0. The van der Waals surface area contributed by atoms with Crippen LogP contribution in [0.1, 0.15) is 31.3 Å². The predicted octanol–water partition coefficient (Wildman–Crippen LogP) is 2.03. The molecule has 0 fully saturated rings. The van der Waals surface area contributed by atoms with Crippen LogP contribution in [-0.4, -0.2) is 50.6 Å². The van der Waals surface area contributed by atoms with Gasteiger partial charge in [0.2, 0.25) is 0 Å². The summed E-state index contributed by atoms with van der Waals surface area (Å²) in [5.74, 6) is 0. The van der Waals surface area contributed by atoms with Gasteiger partial charge in [0, 0.05) is 32.7 Å². The van der Waals surface area contributed by atoms with E-state index in [2.05, 4.69) is 25.7 Å². The third-order valence-corrected chi connectivity index (χ3v) is 4.04. The van der Waals surface area contributed by atoms with Gasteiger partial charge in [0.1, 0.15) is 0 Å². The lowest BCUT2D eigenvalue weighted by atomic mass is 9.91. The molecule has 1 rings (SSSR count). The molecule has 0 radical (unpaired) electrons. The molecule has 0 aliphatic heterocycles. The molecule has 116 valence electrons. The summed E-state index contributed by atoms with van der Waals surface area (Å²) in [5, 5.41) is 10.5. The van der Waals surface area contributed by atoms with E-state index in [1.54, 1.807) is 25.6 Å². The molecule has 1 aromatic rings. The summed E-state index contributed by atoms with van der Waals surface area (Å²) in [4.78, 5) is 7.81. The van der Waals surface area contributed by atoms with Crippen molar-refractivity contribution >= 4 is 16.5 Å². The molecule has 1 N–H and O–H groups in total. The van der Waals surface area contributed by atoms with Crippen molar-refractivity contribution in [3.05, 3.63) is 10.6 Å². The van der Waals surface area contributed by atoms with E-state index >= 15 is 0 Å². The number of hydrogen-bond acceptors (Lipinski definition) is 6. The fourth-order valence-electron chi connectivity index (χ4n) is 1.87. The van der Waals surface area contributed by atoms with Crippen LogP contribution in [0.5, 0.6) is 0 Å². The van der Waals surface area contributed by atoms with Gasteiger partial charge in [-0.2, -0.15) is 0 Å². The van der Waals surface area contributed by atoms with Crippen LogP contribution in [-0.2, 0) is 21.5 Å². The number of aliphatic hydroxyl groups excluding tert-OH is 1. The Balaban J connectivity index is 2.97. The van der Waals surface area contributed by atoms with Crippen LogP contribution >= 0.6 is 11.3 Å². The maximum absolute atomic E-state index is 9.53. The first-order valence-electron chi connectivity index (χ1n) is 6.78. The van der Waals surface area contributed by atoms with Gasteiger partial charge in [0.25, 0.3) is 0 Å². The Morgan fingerprint density at radius 3 is 2.05 bits per heavy atom. The molecule has 0 unspecified atom stereocenters. The number of ether oxygens (including phenoxy) is 2. The van der Waals surface area contributed by atoms with Crippen molar-refractivity contribution in [2.24, 2.45) is 0 Å². The fraction of sp³-hybridized carbons (Fsp3) is 0.786. The standard InChI is InChI=1S/C14H26N2O3S/c1-14(2,3)12-11(10-17)20-13(15-12)16(6-8-18-4)7-9-19-5/h17H,6-10H2,1-5H3. The molecule has 0 saturated carbocycles. The monoisotopic (exact) mass is 302 g/mol. The van der Waals surface area contributed by atoms with Crippen LogP contribution in [0.15, 0.2) is 0 Å². The van der Waals surface area contributed by atoms with Gasteiger partial charge in [-0.05, 0) is 0 Å². The highest BCUT2D eigenvalue weighted by atomic mass is 32.1. The third kappa shape index (κ3) is 4.70. The second-order valence-electron chi connectivity index (χ2n) is 5.65. The Bertz CT molecular complexity index is 394. The van der Waals surface area contributed by atoms with Gasteiger partial charge in [-0.25, -0.2) is 4.98 Å². The van der Waals surface area contributed by atoms with E-state index in [4.69, 9.17) is 14.5 Å². The van der Waals surface area contributed by atoms with Gasteiger partial charge in [-0.15, -0.1) is 0 Å². The van der Waals surface area contributed by atoms with Crippen molar-refractivity contribution in [1.82, 2.24) is 4.98 Å². The third-order valence-electron chi connectivity index (χ3n) is 2.94. The Labute approximate surface area is 125 Å². The Morgan fingerprint density at radius 2 is 1.70 bits per heavy atom. The van der Waals surface area contributed by atoms with Crippen LogP contribution in [0, 0.1) is 0 Å². The van der Waals surface area contributed by atoms with Crippen molar-refractivity contribution in [1.29, 1.82) is 0 Å². The van der Waals surface area contributed by atoms with Gasteiger partial charge in [0.05, 0.1) is 30.4 Å². The Hall–Kier alpha value is -0.690. The van der Waals surface area contributed by atoms with Crippen molar-refractivity contribution in [3.8, 4) is 0 Å². The summed E-state index contributed by atoms with van der Waals surface area (Å²) >= 11 is 1.55. The number of methoxy groups -OCH3 is 2. The molecular weight excluding hydrogens is 276 g/mol. The minimum Gasteiger partial charge on any atom is -0.391 e. The molecule has 20 heavy (non-hydrogen) atoms. The highest BCUT2D eigenvalue weighted by Gasteiger charge is 2.24. The second-order valence-corrected chi connectivity index (χ2v) is 6.71. The zero-order valence-corrected chi connectivity index (χ0v) is 13.9. The van der Waals surface area contributed by atoms with Crippen molar-refractivity contribution in [2.45, 2.75) is 32.8 Å². The van der Waals surface area contributed by atoms with Gasteiger partial charge in [-0.1, -0.05) is 32.1 Å². The van der Waals surface area contributed by atoms with Crippen LogP contribution in [0.3, 0.4) is 0 Å². The summed E-state index contributed by atoms with van der Waals surface area (Å²) in [7, 11) is 3.38. The van der Waals surface area contributed by atoms with Crippen LogP contribution < -0.4 is 4.90 Å². The molecule has 1 aromatic heterocycles. The van der Waals surface area contributed by atoms with Gasteiger partial charge >= 0.3 is 0 Å². The zero-order chi connectivity index (χ0) is 15.2. The van der Waals surface area contributed by atoms with Gasteiger partial charge in [-0.3, -0.25) is 0 Å². The van der Waals surface area contributed by atoms with Gasteiger partial charge < -0.3 is 19.5 Å². The van der Waals surface area contributed by atoms with E-state index in [0.29, 0.717) is 13.2 Å². The Morgan fingerprint density at radius 1 is 1.15 bits per heavy atom. The lowest BCUT2D eigenvalue weighted by Crippen LogP contribution is -2.30. The second kappa shape index (κ2) is 7.93. The number of aromatic nitrogens is 1. The minimum atomic E-state index is -0.0685. The fourth-order valence-corrected chi connectivity index (χ4v) is 3.06. The van der Waals surface area contributed by atoms with E-state index in [1.165, 1.54) is 0 Å².